The molecule has 0 fully saturated rings. The van der Waals surface area contributed by atoms with E-state index in [1.807, 2.05) is 30.3 Å². The number of benzene rings is 2. The van der Waals surface area contributed by atoms with Crippen molar-refractivity contribution in [2.24, 2.45) is 0 Å². The Morgan fingerprint density at radius 2 is 2.00 bits per heavy atom. The molecule has 2 aromatic carbocycles. The summed E-state index contributed by atoms with van der Waals surface area (Å²) in [5, 5.41) is 3.51. The van der Waals surface area contributed by atoms with Gasteiger partial charge >= 0.3 is 0 Å². The minimum atomic E-state index is -0.283. The lowest BCUT2D eigenvalue weighted by Gasteiger charge is -2.15. The molecule has 1 amide bonds. The first kappa shape index (κ1) is 14.7. The second-order valence-corrected chi connectivity index (χ2v) is 5.57. The van der Waals surface area contributed by atoms with Gasteiger partial charge in [0.25, 0.3) is 0 Å². The molecule has 1 N–H and O–H groups in total. The number of carbonyl (C=O) groups is 1. The third-order valence-corrected chi connectivity index (χ3v) is 4.11. The van der Waals surface area contributed by atoms with Gasteiger partial charge in [0.1, 0.15) is 0 Å². The SMILES string of the molecule is COc1cccc(C[C@H]2C(=O)Nc3ccc(Cl)cc32)c1OC. The van der Waals surface area contributed by atoms with E-state index in [2.05, 4.69) is 5.32 Å². The summed E-state index contributed by atoms with van der Waals surface area (Å²) in [5.41, 5.74) is 2.67. The van der Waals surface area contributed by atoms with Crippen LogP contribution in [0.4, 0.5) is 5.69 Å². The molecule has 1 heterocycles. The first-order valence-electron chi connectivity index (χ1n) is 6.94. The fourth-order valence-electron chi connectivity index (χ4n) is 2.83. The van der Waals surface area contributed by atoms with Crippen LogP contribution in [0.25, 0.3) is 0 Å². The van der Waals surface area contributed by atoms with Gasteiger partial charge in [-0.25, -0.2) is 0 Å². The van der Waals surface area contributed by atoms with Crippen LogP contribution < -0.4 is 14.8 Å². The highest BCUT2D eigenvalue weighted by Crippen LogP contribution is 2.39. The lowest BCUT2D eigenvalue weighted by atomic mass is 9.92. The Kier molecular flexibility index (Phi) is 3.94. The number of nitrogens with one attached hydrogen (secondary N) is 1. The maximum atomic E-state index is 12.3. The third kappa shape index (κ3) is 2.50. The smallest absolute Gasteiger partial charge is 0.232 e. The largest absolute Gasteiger partial charge is 0.493 e. The van der Waals surface area contributed by atoms with E-state index in [1.54, 1.807) is 20.3 Å². The van der Waals surface area contributed by atoms with Gasteiger partial charge in [0.05, 0.1) is 20.1 Å². The van der Waals surface area contributed by atoms with Gasteiger partial charge in [0.2, 0.25) is 5.91 Å². The van der Waals surface area contributed by atoms with Crippen molar-refractivity contribution in [1.29, 1.82) is 0 Å². The first-order chi connectivity index (χ1) is 10.6. The highest BCUT2D eigenvalue weighted by atomic mass is 35.5. The number of hydrogen-bond donors (Lipinski definition) is 1. The van der Waals surface area contributed by atoms with Crippen molar-refractivity contribution in [2.45, 2.75) is 12.3 Å². The summed E-state index contributed by atoms with van der Waals surface area (Å²) >= 11 is 6.06. The van der Waals surface area contributed by atoms with Crippen LogP contribution in [0.2, 0.25) is 5.02 Å². The Labute approximate surface area is 134 Å². The van der Waals surface area contributed by atoms with Crippen molar-refractivity contribution < 1.29 is 14.3 Å². The van der Waals surface area contributed by atoms with E-state index in [9.17, 15) is 4.79 Å². The molecule has 0 aliphatic carbocycles. The molecular weight excluding hydrogens is 302 g/mol. The standard InChI is InChI=1S/C17H16ClNO3/c1-21-15-5-3-4-10(16(15)22-2)8-13-12-9-11(18)6-7-14(12)19-17(13)20/h3-7,9,13H,8H2,1-2H3,(H,19,20)/t13-/m1/s1. The molecule has 1 atom stereocenters. The monoisotopic (exact) mass is 317 g/mol. The molecule has 0 unspecified atom stereocenters. The van der Waals surface area contributed by atoms with Crippen molar-refractivity contribution in [3.8, 4) is 11.5 Å². The molecule has 0 spiro atoms. The number of anilines is 1. The summed E-state index contributed by atoms with van der Waals surface area (Å²) in [4.78, 5) is 12.3. The topological polar surface area (TPSA) is 47.6 Å². The molecule has 0 radical (unpaired) electrons. The van der Waals surface area contributed by atoms with E-state index in [-0.39, 0.29) is 11.8 Å². The van der Waals surface area contributed by atoms with E-state index in [0.717, 1.165) is 16.8 Å². The first-order valence-corrected chi connectivity index (χ1v) is 7.32. The van der Waals surface area contributed by atoms with Crippen LogP contribution in [0.5, 0.6) is 11.5 Å². The van der Waals surface area contributed by atoms with E-state index in [0.29, 0.717) is 22.9 Å². The van der Waals surface area contributed by atoms with Gasteiger partial charge in [-0.2, -0.15) is 0 Å². The molecule has 5 heteroatoms. The Morgan fingerprint density at radius 3 is 2.73 bits per heavy atom. The highest BCUT2D eigenvalue weighted by Gasteiger charge is 2.31. The summed E-state index contributed by atoms with van der Waals surface area (Å²) in [7, 11) is 3.19. The second-order valence-electron chi connectivity index (χ2n) is 5.13. The third-order valence-electron chi connectivity index (χ3n) is 3.87. The normalized spacial score (nSPS) is 16.1. The zero-order chi connectivity index (χ0) is 15.7. The zero-order valence-corrected chi connectivity index (χ0v) is 13.1. The number of halogens is 1. The van der Waals surface area contributed by atoms with Crippen molar-refractivity contribution >= 4 is 23.2 Å². The average molecular weight is 318 g/mol. The fourth-order valence-corrected chi connectivity index (χ4v) is 3.01. The van der Waals surface area contributed by atoms with Crippen LogP contribution in [0.3, 0.4) is 0 Å². The predicted octanol–water partition coefficient (Wildman–Crippen LogP) is 3.64. The summed E-state index contributed by atoms with van der Waals surface area (Å²) < 4.78 is 10.8. The van der Waals surface area contributed by atoms with Crippen LogP contribution in [0.15, 0.2) is 36.4 Å². The Bertz CT molecular complexity index is 730. The molecule has 22 heavy (non-hydrogen) atoms. The summed E-state index contributed by atoms with van der Waals surface area (Å²) in [6.45, 7) is 0. The van der Waals surface area contributed by atoms with Crippen LogP contribution in [-0.4, -0.2) is 20.1 Å². The number of ether oxygens (including phenoxy) is 2. The van der Waals surface area contributed by atoms with E-state index in [4.69, 9.17) is 21.1 Å². The van der Waals surface area contributed by atoms with Crippen LogP contribution in [-0.2, 0) is 11.2 Å². The average Bonchev–Trinajstić information content (AvgIpc) is 2.82. The zero-order valence-electron chi connectivity index (χ0n) is 12.4. The molecule has 0 aromatic heterocycles. The van der Waals surface area contributed by atoms with Gasteiger partial charge in [-0.05, 0) is 41.8 Å². The molecule has 3 rings (SSSR count). The van der Waals surface area contributed by atoms with Gasteiger partial charge in [0, 0.05) is 10.7 Å². The number of methoxy groups -OCH3 is 2. The van der Waals surface area contributed by atoms with Gasteiger partial charge < -0.3 is 14.8 Å². The van der Waals surface area contributed by atoms with Crippen LogP contribution in [0.1, 0.15) is 17.0 Å². The van der Waals surface area contributed by atoms with Crippen molar-refractivity contribution in [1.82, 2.24) is 0 Å². The predicted molar refractivity (Wildman–Crippen MR) is 86.1 cm³/mol. The van der Waals surface area contributed by atoms with Gasteiger partial charge in [-0.15, -0.1) is 0 Å². The van der Waals surface area contributed by atoms with Gasteiger partial charge in [-0.1, -0.05) is 23.7 Å². The van der Waals surface area contributed by atoms with Crippen molar-refractivity contribution in [3.63, 3.8) is 0 Å². The molecule has 1 aliphatic heterocycles. The van der Waals surface area contributed by atoms with Crippen molar-refractivity contribution in [3.05, 3.63) is 52.5 Å². The Morgan fingerprint density at radius 1 is 1.18 bits per heavy atom. The van der Waals surface area contributed by atoms with Gasteiger partial charge in [0.15, 0.2) is 11.5 Å². The fraction of sp³-hybridized carbons (Fsp3) is 0.235. The molecule has 4 nitrogen and oxygen atoms in total. The summed E-state index contributed by atoms with van der Waals surface area (Å²) in [6.07, 6.45) is 0.527. The minimum Gasteiger partial charge on any atom is -0.493 e. The van der Waals surface area contributed by atoms with Gasteiger partial charge in [-0.3, -0.25) is 4.79 Å². The maximum absolute atomic E-state index is 12.3. The van der Waals surface area contributed by atoms with E-state index < -0.39 is 0 Å². The quantitative estimate of drug-likeness (QED) is 0.936. The molecule has 2 aromatic rings. The van der Waals surface area contributed by atoms with E-state index >= 15 is 0 Å². The van der Waals surface area contributed by atoms with Crippen molar-refractivity contribution in [2.75, 3.05) is 19.5 Å². The number of rotatable bonds is 4. The highest BCUT2D eigenvalue weighted by molar-refractivity contribution is 6.31. The second kappa shape index (κ2) is 5.89. The molecular formula is C17H16ClNO3. The van der Waals surface area contributed by atoms with E-state index in [1.165, 1.54) is 0 Å². The number of hydrogen-bond acceptors (Lipinski definition) is 3. The summed E-state index contributed by atoms with van der Waals surface area (Å²) in [5.74, 6) is 1.01. The maximum Gasteiger partial charge on any atom is 0.232 e. The molecule has 114 valence electrons. The number of amides is 1. The lowest BCUT2D eigenvalue weighted by molar-refractivity contribution is -0.117. The number of fused-ring (bicyclic) bond motifs is 1. The minimum absolute atomic E-state index is 0.0258. The molecule has 0 saturated carbocycles. The summed E-state index contributed by atoms with van der Waals surface area (Å²) in [6, 6.07) is 11.1. The molecule has 0 bridgehead atoms. The lowest BCUT2D eigenvalue weighted by Crippen LogP contribution is -2.14. The van der Waals surface area contributed by atoms with Crippen LogP contribution >= 0.6 is 11.6 Å². The number of para-hydroxylation sites is 1. The Balaban J connectivity index is 1.98. The molecule has 0 saturated heterocycles. The Hall–Kier alpha value is -2.20. The number of carbonyl (C=O) groups excluding carboxylic acids is 1. The van der Waals surface area contributed by atoms with Crippen LogP contribution in [0, 0.1) is 0 Å². The molecule has 1 aliphatic rings.